The molecule has 0 heterocycles. The Balaban J connectivity index is 0.000000160. The highest BCUT2D eigenvalue weighted by atomic mass is 32.2. The number of sulfone groups is 5. The monoisotopic (exact) mass is 2170 g/mol. The van der Waals surface area contributed by atoms with Crippen molar-refractivity contribution < 1.29 is 139 Å². The lowest BCUT2D eigenvalue weighted by molar-refractivity contribution is -0.367. The second kappa shape index (κ2) is 39.0. The molecule has 0 radical (unpaired) electrons. The summed E-state index contributed by atoms with van der Waals surface area (Å²) in [5, 5.41) is 49.4. The molecule has 143 heavy (non-hydrogen) atoms. The van der Waals surface area contributed by atoms with Gasteiger partial charge in [0, 0.05) is 210 Å². The van der Waals surface area contributed by atoms with Gasteiger partial charge in [-0.05, 0) is 65.1 Å². The van der Waals surface area contributed by atoms with Crippen LogP contribution < -0.4 is 36.1 Å². The molecule has 16 rings (SSSR count). The lowest BCUT2D eigenvalue weighted by atomic mass is 9.94. The van der Waals surface area contributed by atoms with Crippen LogP contribution >= 0.6 is 0 Å². The topological polar surface area (TPSA) is 768 Å². The fourth-order valence-corrected chi connectivity index (χ4v) is 29.9. The van der Waals surface area contributed by atoms with Gasteiger partial charge in [0.15, 0.2) is 19.7 Å². The predicted molar refractivity (Wildman–Crippen MR) is 528 cm³/mol. The second-order valence-electron chi connectivity index (χ2n) is 30.5. The van der Waals surface area contributed by atoms with Crippen molar-refractivity contribution in [3.63, 3.8) is 0 Å². The minimum absolute atomic E-state index is 0.0107. The van der Waals surface area contributed by atoms with Gasteiger partial charge in [0.05, 0.1) is 116 Å². The smallest absolute Gasteiger partial charge is 0.265 e. The largest absolute Gasteiger partial charge is 0.507 e. The number of nitrogens with zero attached hydrogens (tertiary/aromatic N) is 9. The third-order valence-corrected chi connectivity index (χ3v) is 39.0. The van der Waals surface area contributed by atoms with Crippen LogP contribution in [-0.4, -0.2) is 179 Å². The highest BCUT2D eigenvalue weighted by Gasteiger charge is 2.37. The molecule has 0 aliphatic carbocycles. The summed E-state index contributed by atoms with van der Waals surface area (Å²) < 4.78 is 327. The fourth-order valence-electron chi connectivity index (χ4n) is 16.4. The van der Waals surface area contributed by atoms with Gasteiger partial charge >= 0.3 is 0 Å². The summed E-state index contributed by atoms with van der Waals surface area (Å²) in [6.07, 6.45) is 31.3. The van der Waals surface area contributed by atoms with Gasteiger partial charge in [-0.1, -0.05) is 84.6 Å². The average molecular weight is 2170 g/mol. The van der Waals surface area contributed by atoms with Crippen LogP contribution in [0.1, 0.15) is 12.8 Å². The van der Waals surface area contributed by atoms with E-state index in [2.05, 4.69) is 82.1 Å². The normalized spacial score (nSPS) is 12.6. The number of phenolic OH excluding ortho intramolecular Hbond substituents is 4. The number of hydrogen-bond acceptors (Lipinski definition) is 28. The zero-order chi connectivity index (χ0) is 105. The molecule has 0 fully saturated rings. The van der Waals surface area contributed by atoms with Crippen molar-refractivity contribution in [2.75, 3.05) is 57.3 Å². The quantitative estimate of drug-likeness (QED) is 0.00586. The van der Waals surface area contributed by atoms with Crippen molar-refractivity contribution in [1.82, 2.24) is 18.9 Å². The van der Waals surface area contributed by atoms with Gasteiger partial charge in [-0.3, -0.25) is 0 Å². The summed E-state index contributed by atoms with van der Waals surface area (Å²) in [6, 6.07) is 29.3. The number of nitrogens with one attached hydrogen (secondary N) is 4. The molecule has 56 heteroatoms. The number of hydrogen-bond donors (Lipinski definition) is 11. The molecule has 734 valence electrons. The van der Waals surface area contributed by atoms with E-state index in [1.54, 1.807) is 15.8 Å². The van der Waals surface area contributed by atoms with Crippen molar-refractivity contribution in [1.29, 1.82) is 0 Å². The van der Waals surface area contributed by atoms with E-state index >= 15 is 0 Å². The van der Waals surface area contributed by atoms with Crippen LogP contribution in [0.3, 0.4) is 0 Å². The predicted octanol–water partition coefficient (Wildman–Crippen LogP) is 6.31. The van der Waals surface area contributed by atoms with E-state index in [-0.39, 0.29) is 216 Å². The molecule has 17 N–H and O–H groups in total. The molecule has 0 saturated carbocycles. The zero-order valence-electron chi connectivity index (χ0n) is 72.7. The molecule has 16 aromatic rings. The van der Waals surface area contributed by atoms with E-state index in [1.807, 2.05) is 0 Å². The Labute approximate surface area is 813 Å². The van der Waals surface area contributed by atoms with Gasteiger partial charge < -0.3 is 37.6 Å². The summed E-state index contributed by atoms with van der Waals surface area (Å²) in [5.74, 6) is 4.08. The van der Waals surface area contributed by atoms with E-state index < -0.39 is 172 Å². The van der Waals surface area contributed by atoms with Crippen molar-refractivity contribution in [2.45, 2.75) is 71.6 Å². The van der Waals surface area contributed by atoms with Crippen LogP contribution in [-0.2, 0) is 119 Å². The van der Waals surface area contributed by atoms with Crippen molar-refractivity contribution >= 4 is 249 Å². The molecule has 16 aromatic carbocycles. The van der Waals surface area contributed by atoms with Crippen LogP contribution in [0.15, 0.2) is 218 Å². The minimum atomic E-state index is -4.83. The number of benzene rings is 16. The molecule has 0 spiro atoms. The van der Waals surface area contributed by atoms with Crippen molar-refractivity contribution in [3.05, 3.63) is 177 Å². The molecule has 0 saturated heterocycles. The van der Waals surface area contributed by atoms with Gasteiger partial charge in [-0.15, -0.1) is 44.5 Å². The fraction of sp³-hybridized carbons (Fsp3) is 0.126. The maximum absolute atomic E-state index is 13.4. The average Bonchev–Trinajstić information content (AvgIpc) is 0.715. The van der Waals surface area contributed by atoms with E-state index in [0.29, 0.717) is 19.2 Å². The third kappa shape index (κ3) is 19.0. The molecule has 0 unspecified atom stereocenters. The number of rotatable bonds is 30. The summed E-state index contributed by atoms with van der Waals surface area (Å²) in [4.78, 5) is 1.46. The number of azide groups is 3. The summed E-state index contributed by atoms with van der Waals surface area (Å²) in [5.41, 5.74) is 37.0. The Morgan fingerprint density at radius 2 is 0.483 bits per heavy atom. The number of phenols is 4. The molecule has 0 aliphatic heterocycles. The molecule has 0 bridgehead atoms. The number of sulfonamides is 7. The van der Waals surface area contributed by atoms with Gasteiger partial charge in [0.25, 0.3) is 30.1 Å². The number of aromatic hydroxyl groups is 4. The minimum Gasteiger partial charge on any atom is -0.507 e. The first-order chi connectivity index (χ1) is 67.1. The maximum Gasteiger partial charge on any atom is 0.265 e. The molecule has 44 nitrogen and oxygen atoms in total. The number of quaternary nitrogens is 3. The number of terminal acetylenes is 6. The van der Waals surface area contributed by atoms with Crippen LogP contribution in [0.25, 0.3) is 161 Å². The highest BCUT2D eigenvalue weighted by molar-refractivity contribution is 7.97. The summed E-state index contributed by atoms with van der Waals surface area (Å²) in [7, 11) is -52.2. The van der Waals surface area contributed by atoms with Crippen LogP contribution in [0.5, 0.6) is 23.0 Å². The Bertz CT molecular complexity index is 10000. The Morgan fingerprint density at radius 1 is 0.273 bits per heavy atom. The Kier molecular flexibility index (Phi) is 28.8. The first-order valence-corrected chi connectivity index (χ1v) is 58.2. The third-order valence-electron chi connectivity index (χ3n) is 22.3. The lowest BCUT2D eigenvalue weighted by Gasteiger charge is -2.19. The molecule has 0 aliphatic rings. The van der Waals surface area contributed by atoms with E-state index in [1.165, 1.54) is 84.9 Å². The summed E-state index contributed by atoms with van der Waals surface area (Å²) >= 11 is 0. The molecule has 0 atom stereocenters. The van der Waals surface area contributed by atoms with Gasteiger partial charge in [0.1, 0.15) is 23.0 Å². The van der Waals surface area contributed by atoms with Crippen molar-refractivity contribution in [2.24, 2.45) is 13.6 Å². The van der Waals surface area contributed by atoms with Gasteiger partial charge in [0.2, 0.25) is 69.6 Å². The summed E-state index contributed by atoms with van der Waals surface area (Å²) in [6.45, 7) is 0.382. The second-order valence-corrected chi connectivity index (χ2v) is 51.3. The SMILES string of the molecule is C#CCCS(=O)(=O)c1cc(S(=O)(=O)NCC#C)c2ccc3c(S(=O)(=O)NCC#C)cc(O)c4ccc1c2c43.C#CS(=O)(=O)c1cc(O)c2ccc3c(S(=O)(=O)C#C)cc(S(=O)(=O)C#C)c4ccc1c2c34.[N-]=[N+]=NS(=O)(=O)c1cc(O)c2ccc3c(S(=O)(=O)N=[N+]=[N-])cc(S(=O)(=O)N=[N+]=[N-])c4ccc1c2c34.[NH3+]CCCS(=O)(=O)c1cc(S(=O)(=O)NCC[NH3+])c2ccc3c(S(=O)(=O)NCC[NH3+])cc(O)c4ccc1c2c43. The van der Waals surface area contributed by atoms with E-state index in [9.17, 15) is 121 Å². The first-order valence-electron chi connectivity index (χ1n) is 40.2. The standard InChI is InChI=1S/C26H20N2O7S3.C23H29N5O7S3.C22H10O7S3.C16H7N9O7S3/c1-4-7-14-36(30,31)22-16-24(38(34,35)28-13-6-3)20-11-10-19-23(37(32,33)27-12-5-2)15-21(29)17-8-9-18(22)26(20)25(17)19;24-6-1-11-36(30,31)19-13-21(38(34,35)28-10-8-26)17-5-4-16-20(37(32,33)27-9-7-25)12-18(29)14-2-3-15(19)23(17)22(14)16;1-4-30(24,25)18-11-17(23)13-7-8-15-19(31(26,27)5-2)12-20(32(28,29)6-3)16-10-9-14(18)21(13)22(15)16;17-20-23-33(27,28)12-5-11(26)7-1-2-9-13(34(29,30)24-21-18)6-14(35(31,32)25-22-19)10-4-3-8(12)15(7)16(9)10/h1-3,8-11,15-16,27-29H,7,12-14H2;2-5,12-13,27-29H,1,6-11,24-26H2;1-3,7-12,23H;1-6,26H/p+3. The Hall–Kier alpha value is -14.7. The van der Waals surface area contributed by atoms with Crippen molar-refractivity contribution in [3.8, 4) is 95.1 Å². The Morgan fingerprint density at radius 3 is 0.748 bits per heavy atom. The van der Waals surface area contributed by atoms with Gasteiger partial charge in [-0.2, -0.15) is 9.44 Å². The van der Waals surface area contributed by atoms with Crippen LogP contribution in [0.2, 0.25) is 0 Å². The first kappa shape index (κ1) is 106. The van der Waals surface area contributed by atoms with E-state index in [4.69, 9.17) is 55.1 Å². The lowest BCUT2D eigenvalue weighted by Crippen LogP contribution is -2.54. The molecular formula is C87H69N16O28S12+3. The van der Waals surface area contributed by atoms with Crippen LogP contribution in [0, 0.1) is 72.1 Å². The zero-order valence-corrected chi connectivity index (χ0v) is 82.5. The molecule has 0 aromatic heterocycles. The van der Waals surface area contributed by atoms with Crippen LogP contribution in [0.4, 0.5) is 0 Å². The maximum atomic E-state index is 13.4. The highest BCUT2D eigenvalue weighted by Crippen LogP contribution is 2.52. The molecule has 0 amide bonds. The van der Waals surface area contributed by atoms with Gasteiger partial charge in [-0.25, -0.2) is 110 Å². The molecular weight excluding hydrogens is 2100 g/mol. The van der Waals surface area contributed by atoms with E-state index in [0.717, 1.165) is 54.6 Å².